The Kier molecular flexibility index (Phi) is 32.3. The molecule has 0 saturated carbocycles. The summed E-state index contributed by atoms with van der Waals surface area (Å²) in [6.45, 7) is 1.60. The van der Waals surface area contributed by atoms with Crippen molar-refractivity contribution in [1.29, 1.82) is 0 Å². The molecule has 1 saturated heterocycles. The summed E-state index contributed by atoms with van der Waals surface area (Å²) in [5.74, 6) is -8.79. The number of urea groups is 1. The molecule has 0 aliphatic carbocycles. The van der Waals surface area contributed by atoms with E-state index in [4.69, 9.17) is 9.84 Å². The molecule has 5 amide bonds. The van der Waals surface area contributed by atoms with Gasteiger partial charge in [-0.2, -0.15) is 0 Å². The van der Waals surface area contributed by atoms with Crippen molar-refractivity contribution in [2.24, 2.45) is 0 Å². The molecule has 3 atom stereocenters. The van der Waals surface area contributed by atoms with Crippen molar-refractivity contribution in [3.63, 3.8) is 0 Å². The van der Waals surface area contributed by atoms with Crippen LogP contribution >= 0.6 is 0 Å². The van der Waals surface area contributed by atoms with E-state index in [1.54, 1.807) is 39.0 Å². The summed E-state index contributed by atoms with van der Waals surface area (Å²) in [5, 5.41) is 68.5. The van der Waals surface area contributed by atoms with E-state index in [9.17, 15) is 78.3 Å². The topological polar surface area (TPSA) is 391 Å². The summed E-state index contributed by atoms with van der Waals surface area (Å²) in [7, 11) is 0. The highest BCUT2D eigenvalue weighted by Gasteiger charge is 2.26. The highest BCUT2D eigenvalue weighted by molar-refractivity contribution is 5.86. The molecule has 1 aromatic rings. The Labute approximate surface area is 441 Å². The van der Waals surface area contributed by atoms with Gasteiger partial charge in [0.2, 0.25) is 17.7 Å². The summed E-state index contributed by atoms with van der Waals surface area (Å²) in [4.78, 5) is 139. The van der Waals surface area contributed by atoms with Gasteiger partial charge in [-0.1, -0.05) is 43.2 Å². The highest BCUT2D eigenvalue weighted by atomic mass is 16.5. The first-order valence-electron chi connectivity index (χ1n) is 25.5. The predicted molar refractivity (Wildman–Crippen MR) is 270 cm³/mol. The van der Waals surface area contributed by atoms with Crippen molar-refractivity contribution in [2.75, 3.05) is 91.6 Å². The smallest absolute Gasteiger partial charge is 0.328 e. The first kappa shape index (κ1) is 65.1. The zero-order chi connectivity index (χ0) is 56.3. The lowest BCUT2D eigenvalue weighted by atomic mass is 10.1. The minimum atomic E-state index is -1.53. The Morgan fingerprint density at radius 3 is 1.30 bits per heavy atom. The number of nitrogens with zero attached hydrogens (tertiary/aromatic N) is 4. The van der Waals surface area contributed by atoms with Gasteiger partial charge in [0.25, 0.3) is 0 Å². The van der Waals surface area contributed by atoms with Crippen LogP contribution in [0.2, 0.25) is 0 Å². The molecule has 1 aromatic carbocycles. The lowest BCUT2D eigenvalue weighted by Gasteiger charge is -2.32. The van der Waals surface area contributed by atoms with Gasteiger partial charge in [-0.05, 0) is 63.4 Å². The number of unbranched alkanes of at least 4 members (excludes halogenated alkanes) is 5. The number of carbonyl (C=O) groups is 11. The summed E-state index contributed by atoms with van der Waals surface area (Å²) < 4.78 is 5.55. The molecule has 1 heterocycles. The van der Waals surface area contributed by atoms with Crippen LogP contribution in [-0.2, 0) is 59.3 Å². The third-order valence-electron chi connectivity index (χ3n) is 12.1. The third kappa shape index (κ3) is 31.7. The number of carboxylic acid groups (broad SMARTS) is 6. The van der Waals surface area contributed by atoms with E-state index in [0.29, 0.717) is 51.4 Å². The lowest BCUT2D eigenvalue weighted by Crippen LogP contribution is -2.51. The van der Waals surface area contributed by atoms with Crippen molar-refractivity contribution >= 4 is 65.5 Å². The molecular formula is C49H77N9O18. The maximum absolute atomic E-state index is 13.3. The number of ether oxygens (including phenoxy) is 1. The van der Waals surface area contributed by atoms with Gasteiger partial charge in [-0.15, -0.1) is 0 Å². The second-order valence-corrected chi connectivity index (χ2v) is 18.4. The first-order valence-corrected chi connectivity index (χ1v) is 25.5. The monoisotopic (exact) mass is 1080 g/mol. The standard InChI is InChI=1S/C49H77N9O18/c59-39(50-20-10-8-14-36(46(70)71)53-49(75)54-37(47(72)73)18-19-42(62)63)16-6-1-2-7-17-40(60)52-38(48(74)76-34-35-12-4-3-5-13-35)15-9-11-21-51-41(61)30-55-22-24-56(31-43(64)65)26-28-58(33-45(68)69)29-27-57(25-23-55)32-44(66)67/h3-5,12-13,36-38H,1-2,6-11,14-34H2,(H,50,59)(H,51,61)(H,52,60)(H,62,63)(H,64,65)(H,66,67)(H,68,69)(H,70,71)(H,72,73)(H2,53,54,75)/t36-,37-,38?/m0/s1. The van der Waals surface area contributed by atoms with Gasteiger partial charge in [0.1, 0.15) is 24.7 Å². The van der Waals surface area contributed by atoms with Gasteiger partial charge in [-0.25, -0.2) is 19.2 Å². The van der Waals surface area contributed by atoms with E-state index < -0.39 is 78.8 Å². The SMILES string of the molecule is O=C(O)CC[C@H](NC(=O)N[C@@H](CCCCNC(=O)CCCCCCC(=O)NC(CCCCNC(=O)CN1CCN(CC(=O)O)CCN(CC(=O)O)CCN(CC(=O)O)CC1)C(=O)OCc1ccccc1)C(=O)O)C(=O)O. The number of nitrogens with one attached hydrogen (secondary N) is 5. The largest absolute Gasteiger partial charge is 0.481 e. The summed E-state index contributed by atoms with van der Waals surface area (Å²) in [6.07, 6.45) is 3.48. The number of hydrogen-bond donors (Lipinski definition) is 11. The Morgan fingerprint density at radius 2 is 0.855 bits per heavy atom. The Bertz CT molecular complexity index is 2000. The minimum Gasteiger partial charge on any atom is -0.481 e. The van der Waals surface area contributed by atoms with Crippen LogP contribution in [0.1, 0.15) is 95.5 Å². The average Bonchev–Trinajstić information content (AvgIpc) is 3.34. The average molecular weight is 1080 g/mol. The van der Waals surface area contributed by atoms with Gasteiger partial charge in [0.15, 0.2) is 0 Å². The Hall–Kier alpha value is -6.97. The number of aliphatic carboxylic acids is 6. The fourth-order valence-electron chi connectivity index (χ4n) is 7.94. The second-order valence-electron chi connectivity index (χ2n) is 18.4. The fraction of sp³-hybridized carbons (Fsp3) is 0.653. The second kappa shape index (κ2) is 37.7. The van der Waals surface area contributed by atoms with Crippen molar-refractivity contribution in [2.45, 2.75) is 115 Å². The molecule has 0 aromatic heterocycles. The number of esters is 1. The molecule has 0 bridgehead atoms. The van der Waals surface area contributed by atoms with Crippen LogP contribution in [0.4, 0.5) is 4.79 Å². The van der Waals surface area contributed by atoms with E-state index in [-0.39, 0.29) is 142 Å². The predicted octanol–water partition coefficient (Wildman–Crippen LogP) is -0.326. The van der Waals surface area contributed by atoms with Gasteiger partial charge >= 0.3 is 47.8 Å². The zero-order valence-corrected chi connectivity index (χ0v) is 43.0. The van der Waals surface area contributed by atoms with E-state index in [1.807, 2.05) is 11.0 Å². The van der Waals surface area contributed by atoms with Crippen molar-refractivity contribution in [3.8, 4) is 0 Å². The molecule has 2 rings (SSSR count). The van der Waals surface area contributed by atoms with E-state index >= 15 is 0 Å². The number of hydrogen-bond acceptors (Lipinski definition) is 16. The van der Waals surface area contributed by atoms with Crippen LogP contribution in [0.25, 0.3) is 0 Å². The van der Waals surface area contributed by atoms with Crippen LogP contribution < -0.4 is 26.6 Å². The molecule has 0 spiro atoms. The van der Waals surface area contributed by atoms with Crippen molar-refractivity contribution in [3.05, 3.63) is 35.9 Å². The maximum atomic E-state index is 13.3. The molecular weight excluding hydrogens is 1000 g/mol. The zero-order valence-electron chi connectivity index (χ0n) is 43.0. The molecule has 11 N–H and O–H groups in total. The fourth-order valence-corrected chi connectivity index (χ4v) is 7.94. The van der Waals surface area contributed by atoms with Gasteiger partial charge in [0.05, 0.1) is 26.2 Å². The van der Waals surface area contributed by atoms with Gasteiger partial charge in [-0.3, -0.25) is 53.2 Å². The molecule has 1 aliphatic rings. The van der Waals surface area contributed by atoms with Crippen molar-refractivity contribution < 1.29 is 88.1 Å². The van der Waals surface area contributed by atoms with E-state index in [2.05, 4.69) is 26.6 Å². The highest BCUT2D eigenvalue weighted by Crippen LogP contribution is 2.11. The van der Waals surface area contributed by atoms with Crippen LogP contribution in [-0.4, -0.2) is 226 Å². The number of rotatable bonds is 36. The number of benzene rings is 1. The van der Waals surface area contributed by atoms with Crippen LogP contribution in [0.15, 0.2) is 30.3 Å². The van der Waals surface area contributed by atoms with Crippen LogP contribution in [0.3, 0.4) is 0 Å². The molecule has 27 nitrogen and oxygen atoms in total. The molecule has 76 heavy (non-hydrogen) atoms. The van der Waals surface area contributed by atoms with Gasteiger partial charge < -0.3 is 62.0 Å². The molecule has 426 valence electrons. The van der Waals surface area contributed by atoms with E-state index in [0.717, 1.165) is 5.56 Å². The third-order valence-corrected chi connectivity index (χ3v) is 12.1. The molecule has 1 unspecified atom stereocenters. The molecule has 27 heteroatoms. The molecule has 1 aliphatic heterocycles. The molecule has 0 radical (unpaired) electrons. The van der Waals surface area contributed by atoms with Crippen molar-refractivity contribution in [1.82, 2.24) is 46.2 Å². The first-order chi connectivity index (χ1) is 36.2. The van der Waals surface area contributed by atoms with Crippen LogP contribution in [0, 0.1) is 0 Å². The lowest BCUT2D eigenvalue weighted by molar-refractivity contribution is -0.149. The Balaban J connectivity index is 1.81. The maximum Gasteiger partial charge on any atom is 0.328 e. The molecule has 1 fully saturated rings. The van der Waals surface area contributed by atoms with Gasteiger partial charge in [0, 0.05) is 84.7 Å². The minimum absolute atomic E-state index is 0.00193. The summed E-state index contributed by atoms with van der Waals surface area (Å²) in [6, 6.07) is 4.11. The summed E-state index contributed by atoms with van der Waals surface area (Å²) >= 11 is 0. The van der Waals surface area contributed by atoms with Crippen LogP contribution in [0.5, 0.6) is 0 Å². The normalized spacial score (nSPS) is 15.3. The number of amides is 5. The Morgan fingerprint density at radius 1 is 0.434 bits per heavy atom. The quantitative estimate of drug-likeness (QED) is 0.0303. The number of carboxylic acids is 6. The summed E-state index contributed by atoms with van der Waals surface area (Å²) in [5.41, 5.74) is 0.759. The van der Waals surface area contributed by atoms with E-state index in [1.165, 1.54) is 0 Å². The number of carbonyl (C=O) groups excluding carboxylic acids is 5.